The molecule has 0 fully saturated rings. The number of rotatable bonds is 4. The molecule has 0 atom stereocenters. The lowest BCUT2D eigenvalue weighted by Crippen LogP contribution is -2.26. The first-order valence-corrected chi connectivity index (χ1v) is 6.62. The zero-order chi connectivity index (χ0) is 14.5. The molecule has 20 heavy (non-hydrogen) atoms. The van der Waals surface area contributed by atoms with Gasteiger partial charge >= 0.3 is 0 Å². The van der Waals surface area contributed by atoms with Crippen LogP contribution in [0, 0.1) is 0 Å². The molecule has 104 valence electrons. The largest absolute Gasteiger partial charge is 0.495 e. The van der Waals surface area contributed by atoms with Crippen LogP contribution in [0.5, 0.6) is 5.75 Å². The fraction of sp³-hybridized carbons (Fsp3) is 0.188. The van der Waals surface area contributed by atoms with Crippen LogP contribution < -0.4 is 4.74 Å². The molecule has 0 saturated heterocycles. The van der Waals surface area contributed by atoms with Gasteiger partial charge in [0.05, 0.1) is 12.1 Å². The van der Waals surface area contributed by atoms with Gasteiger partial charge in [-0.2, -0.15) is 0 Å². The van der Waals surface area contributed by atoms with Crippen LogP contribution in [0.15, 0.2) is 48.5 Å². The molecular weight excluding hydrogens is 274 g/mol. The molecule has 0 spiro atoms. The summed E-state index contributed by atoms with van der Waals surface area (Å²) in [4.78, 5) is 14.0. The van der Waals surface area contributed by atoms with Gasteiger partial charge in [-0.1, -0.05) is 41.9 Å². The number of methoxy groups -OCH3 is 1. The Bertz CT molecular complexity index is 599. The van der Waals surface area contributed by atoms with Gasteiger partial charge in [0.1, 0.15) is 5.75 Å². The van der Waals surface area contributed by atoms with Crippen molar-refractivity contribution < 1.29 is 9.53 Å². The van der Waals surface area contributed by atoms with Gasteiger partial charge in [-0.05, 0) is 23.8 Å². The Hall–Kier alpha value is -2.00. The zero-order valence-electron chi connectivity index (χ0n) is 11.5. The molecule has 4 heteroatoms. The fourth-order valence-electron chi connectivity index (χ4n) is 1.95. The summed E-state index contributed by atoms with van der Waals surface area (Å²) < 4.78 is 5.08. The maximum absolute atomic E-state index is 12.3. The zero-order valence-corrected chi connectivity index (χ0v) is 12.2. The van der Waals surface area contributed by atoms with Gasteiger partial charge in [-0.25, -0.2) is 0 Å². The summed E-state index contributed by atoms with van der Waals surface area (Å²) in [6, 6.07) is 14.9. The van der Waals surface area contributed by atoms with Crippen LogP contribution in [0.1, 0.15) is 15.9 Å². The van der Waals surface area contributed by atoms with Crippen molar-refractivity contribution in [1.82, 2.24) is 4.90 Å². The Morgan fingerprint density at radius 3 is 2.50 bits per heavy atom. The molecule has 2 rings (SSSR count). The predicted molar refractivity (Wildman–Crippen MR) is 80.2 cm³/mol. The van der Waals surface area contributed by atoms with Crippen LogP contribution >= 0.6 is 11.6 Å². The minimum atomic E-state index is -0.0709. The van der Waals surface area contributed by atoms with Crippen molar-refractivity contribution in [2.75, 3.05) is 14.2 Å². The quantitative estimate of drug-likeness (QED) is 0.860. The predicted octanol–water partition coefficient (Wildman–Crippen LogP) is 3.62. The summed E-state index contributed by atoms with van der Waals surface area (Å²) in [6.07, 6.45) is 0. The van der Waals surface area contributed by atoms with E-state index in [1.54, 1.807) is 37.3 Å². The normalized spacial score (nSPS) is 10.2. The Labute approximate surface area is 123 Å². The third-order valence-corrected chi connectivity index (χ3v) is 3.30. The van der Waals surface area contributed by atoms with E-state index in [9.17, 15) is 4.79 Å². The second-order valence-corrected chi connectivity index (χ2v) is 4.90. The lowest BCUT2D eigenvalue weighted by molar-refractivity contribution is 0.0785. The van der Waals surface area contributed by atoms with Crippen molar-refractivity contribution in [2.45, 2.75) is 6.54 Å². The van der Waals surface area contributed by atoms with E-state index < -0.39 is 0 Å². The van der Waals surface area contributed by atoms with Crippen LogP contribution in [0.3, 0.4) is 0 Å². The SMILES string of the molecule is COc1ccc(C(=O)N(C)Cc2ccccc2)cc1Cl. The summed E-state index contributed by atoms with van der Waals surface area (Å²) in [6.45, 7) is 0.559. The van der Waals surface area contributed by atoms with Crippen LogP contribution in [0.2, 0.25) is 5.02 Å². The number of amides is 1. The van der Waals surface area contributed by atoms with Gasteiger partial charge < -0.3 is 9.64 Å². The molecule has 0 radical (unpaired) electrons. The molecule has 0 aliphatic rings. The summed E-state index contributed by atoms with van der Waals surface area (Å²) in [7, 11) is 3.32. The van der Waals surface area contributed by atoms with E-state index in [-0.39, 0.29) is 5.91 Å². The van der Waals surface area contributed by atoms with Crippen molar-refractivity contribution in [1.29, 1.82) is 0 Å². The second-order valence-electron chi connectivity index (χ2n) is 4.50. The minimum absolute atomic E-state index is 0.0709. The number of nitrogens with zero attached hydrogens (tertiary/aromatic N) is 1. The third-order valence-electron chi connectivity index (χ3n) is 3.01. The Balaban J connectivity index is 2.12. The molecular formula is C16H16ClNO2. The highest BCUT2D eigenvalue weighted by atomic mass is 35.5. The molecule has 0 aromatic heterocycles. The van der Waals surface area contributed by atoms with Crippen molar-refractivity contribution in [3.8, 4) is 5.75 Å². The molecule has 3 nitrogen and oxygen atoms in total. The second kappa shape index (κ2) is 6.44. The number of carbonyl (C=O) groups is 1. The highest BCUT2D eigenvalue weighted by Crippen LogP contribution is 2.25. The van der Waals surface area contributed by atoms with Crippen LogP contribution in [-0.4, -0.2) is 25.0 Å². The molecule has 0 unspecified atom stereocenters. The van der Waals surface area contributed by atoms with Gasteiger partial charge in [0.2, 0.25) is 0 Å². The van der Waals surface area contributed by atoms with Crippen molar-refractivity contribution in [3.05, 3.63) is 64.7 Å². The lowest BCUT2D eigenvalue weighted by atomic mass is 10.1. The summed E-state index contributed by atoms with van der Waals surface area (Å²) in [5.41, 5.74) is 1.64. The van der Waals surface area contributed by atoms with E-state index in [2.05, 4.69) is 0 Å². The number of ether oxygens (including phenoxy) is 1. The van der Waals surface area contributed by atoms with E-state index in [0.29, 0.717) is 22.9 Å². The van der Waals surface area contributed by atoms with Gasteiger partial charge in [-0.3, -0.25) is 4.79 Å². The number of hydrogen-bond acceptors (Lipinski definition) is 2. The van der Waals surface area contributed by atoms with Gasteiger partial charge in [0, 0.05) is 19.2 Å². The molecule has 0 N–H and O–H groups in total. The van der Waals surface area contributed by atoms with Crippen molar-refractivity contribution in [3.63, 3.8) is 0 Å². The molecule has 0 heterocycles. The van der Waals surface area contributed by atoms with E-state index >= 15 is 0 Å². The molecule has 0 saturated carbocycles. The Kier molecular flexibility index (Phi) is 4.64. The summed E-state index contributed by atoms with van der Waals surface area (Å²) >= 11 is 6.04. The summed E-state index contributed by atoms with van der Waals surface area (Å²) in [5.74, 6) is 0.493. The minimum Gasteiger partial charge on any atom is -0.495 e. The van der Waals surface area contributed by atoms with Crippen LogP contribution in [-0.2, 0) is 6.54 Å². The first-order valence-electron chi connectivity index (χ1n) is 6.24. The van der Waals surface area contributed by atoms with Gasteiger partial charge in [-0.15, -0.1) is 0 Å². The molecule has 0 aliphatic carbocycles. The van der Waals surface area contributed by atoms with Crippen LogP contribution in [0.4, 0.5) is 0 Å². The Morgan fingerprint density at radius 1 is 1.20 bits per heavy atom. The first kappa shape index (κ1) is 14.4. The number of carbonyl (C=O) groups excluding carboxylic acids is 1. The van der Waals surface area contributed by atoms with Gasteiger partial charge in [0.25, 0.3) is 5.91 Å². The summed E-state index contributed by atoms with van der Waals surface area (Å²) in [5, 5.41) is 0.437. The van der Waals surface area contributed by atoms with Crippen molar-refractivity contribution >= 4 is 17.5 Å². The highest BCUT2D eigenvalue weighted by Gasteiger charge is 2.13. The average Bonchev–Trinajstić information content (AvgIpc) is 2.47. The lowest BCUT2D eigenvalue weighted by Gasteiger charge is -2.17. The monoisotopic (exact) mass is 289 g/mol. The molecule has 0 bridgehead atoms. The number of benzene rings is 2. The van der Waals surface area contributed by atoms with E-state index in [4.69, 9.17) is 16.3 Å². The van der Waals surface area contributed by atoms with Crippen LogP contribution in [0.25, 0.3) is 0 Å². The maximum Gasteiger partial charge on any atom is 0.253 e. The highest BCUT2D eigenvalue weighted by molar-refractivity contribution is 6.32. The van der Waals surface area contributed by atoms with E-state index in [1.807, 2.05) is 30.3 Å². The van der Waals surface area contributed by atoms with E-state index in [0.717, 1.165) is 5.56 Å². The maximum atomic E-state index is 12.3. The van der Waals surface area contributed by atoms with E-state index in [1.165, 1.54) is 0 Å². The molecule has 2 aromatic rings. The smallest absolute Gasteiger partial charge is 0.253 e. The van der Waals surface area contributed by atoms with Gasteiger partial charge in [0.15, 0.2) is 0 Å². The average molecular weight is 290 g/mol. The number of hydrogen-bond donors (Lipinski definition) is 0. The van der Waals surface area contributed by atoms with Crippen molar-refractivity contribution in [2.24, 2.45) is 0 Å². The number of halogens is 1. The fourth-order valence-corrected chi connectivity index (χ4v) is 2.21. The molecule has 1 amide bonds. The molecule has 0 aliphatic heterocycles. The first-order chi connectivity index (χ1) is 9.61. The third kappa shape index (κ3) is 3.31. The topological polar surface area (TPSA) is 29.5 Å². The Morgan fingerprint density at radius 2 is 1.90 bits per heavy atom. The molecule has 2 aromatic carbocycles. The standard InChI is InChI=1S/C16H16ClNO2/c1-18(11-12-6-4-3-5-7-12)16(19)13-8-9-15(20-2)14(17)10-13/h3-10H,11H2,1-2H3.